The lowest BCUT2D eigenvalue weighted by atomic mass is 9.81. The molecule has 1 aliphatic carbocycles. The van der Waals surface area contributed by atoms with Crippen molar-refractivity contribution >= 4 is 17.4 Å². The fourth-order valence-electron chi connectivity index (χ4n) is 3.52. The number of hydrogen-bond acceptors (Lipinski definition) is 6. The Kier molecular flexibility index (Phi) is 3.19. The second-order valence-corrected chi connectivity index (χ2v) is 6.20. The van der Waals surface area contributed by atoms with Crippen molar-refractivity contribution in [3.05, 3.63) is 57.5 Å². The first-order valence-corrected chi connectivity index (χ1v) is 7.72. The molecule has 1 aromatic carbocycles. The summed E-state index contributed by atoms with van der Waals surface area (Å²) in [5.41, 5.74) is 1.78. The van der Waals surface area contributed by atoms with Crippen molar-refractivity contribution < 1.29 is 9.72 Å². The third kappa shape index (κ3) is 2.10. The summed E-state index contributed by atoms with van der Waals surface area (Å²) < 4.78 is 1.55. The van der Waals surface area contributed by atoms with Gasteiger partial charge in [0.1, 0.15) is 12.4 Å². The Morgan fingerprint density at radius 3 is 2.92 bits per heavy atom. The van der Waals surface area contributed by atoms with Gasteiger partial charge in [0, 0.05) is 23.8 Å². The lowest BCUT2D eigenvalue weighted by molar-refractivity contribution is -0.385. The van der Waals surface area contributed by atoms with Crippen LogP contribution in [0.5, 0.6) is 0 Å². The van der Waals surface area contributed by atoms with Crippen LogP contribution in [0.25, 0.3) is 0 Å². The first-order valence-electron chi connectivity index (χ1n) is 7.72. The molecule has 8 nitrogen and oxygen atoms in total. The van der Waals surface area contributed by atoms with Gasteiger partial charge in [0.05, 0.1) is 10.5 Å². The van der Waals surface area contributed by atoms with Gasteiger partial charge in [0.15, 0.2) is 5.78 Å². The standard InChI is InChI=1S/C16H15N5O3/c1-9-6-11-14(13(22)7-9)15(20-16(19-11)17-8-18-20)10-4-2-3-5-12(10)21(23)24/h2-5,8-9,15H,6-7H2,1H3,(H,17,18,19)/t9-,15-/m1/s1. The molecule has 2 atom stereocenters. The third-order valence-electron chi connectivity index (χ3n) is 4.49. The van der Waals surface area contributed by atoms with Crippen LogP contribution >= 0.6 is 0 Å². The van der Waals surface area contributed by atoms with E-state index in [4.69, 9.17) is 0 Å². The summed E-state index contributed by atoms with van der Waals surface area (Å²) in [6, 6.07) is 5.85. The maximum Gasteiger partial charge on any atom is 0.275 e. The molecule has 8 heteroatoms. The molecule has 4 rings (SSSR count). The number of rotatable bonds is 2. The monoisotopic (exact) mass is 325 g/mol. The number of para-hydroxylation sites is 1. The summed E-state index contributed by atoms with van der Waals surface area (Å²) in [7, 11) is 0. The fourth-order valence-corrected chi connectivity index (χ4v) is 3.52. The number of benzene rings is 1. The smallest absolute Gasteiger partial charge is 0.275 e. The van der Waals surface area contributed by atoms with E-state index < -0.39 is 11.0 Å². The molecule has 2 heterocycles. The first-order chi connectivity index (χ1) is 11.6. The number of nitrogens with one attached hydrogen (secondary N) is 1. The maximum absolute atomic E-state index is 12.7. The molecule has 0 fully saturated rings. The molecule has 1 aliphatic heterocycles. The Morgan fingerprint density at radius 2 is 2.12 bits per heavy atom. The molecule has 1 aromatic heterocycles. The lowest BCUT2D eigenvalue weighted by Crippen LogP contribution is -2.33. The van der Waals surface area contributed by atoms with Crippen LogP contribution in [0.15, 0.2) is 41.9 Å². The van der Waals surface area contributed by atoms with Gasteiger partial charge < -0.3 is 5.32 Å². The van der Waals surface area contributed by atoms with E-state index in [1.54, 1.807) is 22.9 Å². The number of fused-ring (bicyclic) bond motifs is 1. The molecule has 0 unspecified atom stereocenters. The number of aromatic nitrogens is 3. The average Bonchev–Trinajstić information content (AvgIpc) is 3.00. The van der Waals surface area contributed by atoms with E-state index in [0.29, 0.717) is 29.9 Å². The SMILES string of the molecule is C[C@H]1CC(=O)C2=C(C1)Nc1ncnn1[C@@H]2c1ccccc1[N+](=O)[O-]. The highest BCUT2D eigenvalue weighted by Gasteiger charge is 2.40. The Labute approximate surface area is 137 Å². The van der Waals surface area contributed by atoms with Crippen molar-refractivity contribution in [3.8, 4) is 0 Å². The van der Waals surface area contributed by atoms with Crippen molar-refractivity contribution in [1.29, 1.82) is 0 Å². The Hall–Kier alpha value is -3.03. The zero-order valence-corrected chi connectivity index (χ0v) is 13.0. The molecule has 24 heavy (non-hydrogen) atoms. The zero-order chi connectivity index (χ0) is 16.8. The maximum atomic E-state index is 12.7. The van der Waals surface area contributed by atoms with Crippen LogP contribution in [0.4, 0.5) is 11.6 Å². The van der Waals surface area contributed by atoms with Gasteiger partial charge in [-0.05, 0) is 18.4 Å². The fraction of sp³-hybridized carbons (Fsp3) is 0.312. The van der Waals surface area contributed by atoms with Gasteiger partial charge >= 0.3 is 0 Å². The molecule has 0 radical (unpaired) electrons. The summed E-state index contributed by atoms with van der Waals surface area (Å²) in [5.74, 6) is 0.726. The van der Waals surface area contributed by atoms with Crippen LogP contribution in [0.1, 0.15) is 31.4 Å². The summed E-state index contributed by atoms with van der Waals surface area (Å²) in [6.45, 7) is 2.02. The summed E-state index contributed by atoms with van der Waals surface area (Å²) in [5, 5.41) is 18.8. The summed E-state index contributed by atoms with van der Waals surface area (Å²) in [6.07, 6.45) is 2.53. The number of allylic oxidation sites excluding steroid dienone is 2. The number of nitro groups is 1. The van der Waals surface area contributed by atoms with Crippen LogP contribution in [0, 0.1) is 16.0 Å². The number of nitro benzene ring substituents is 1. The molecule has 2 aliphatic rings. The largest absolute Gasteiger partial charge is 0.328 e. The number of carbonyl (C=O) groups is 1. The van der Waals surface area contributed by atoms with E-state index in [2.05, 4.69) is 15.4 Å². The van der Waals surface area contributed by atoms with Crippen molar-refractivity contribution in [2.24, 2.45) is 5.92 Å². The first kappa shape index (κ1) is 14.6. The quantitative estimate of drug-likeness (QED) is 0.672. The third-order valence-corrected chi connectivity index (χ3v) is 4.49. The Balaban J connectivity index is 1.96. The number of anilines is 1. The van der Waals surface area contributed by atoms with Crippen molar-refractivity contribution in [1.82, 2.24) is 14.8 Å². The highest BCUT2D eigenvalue weighted by atomic mass is 16.6. The summed E-state index contributed by atoms with van der Waals surface area (Å²) >= 11 is 0. The predicted molar refractivity (Wildman–Crippen MR) is 85.3 cm³/mol. The second-order valence-electron chi connectivity index (χ2n) is 6.20. The number of hydrogen-bond donors (Lipinski definition) is 1. The number of ketones is 1. The van der Waals surface area contributed by atoms with Crippen LogP contribution in [0.3, 0.4) is 0 Å². The molecule has 0 amide bonds. The van der Waals surface area contributed by atoms with Gasteiger partial charge in [0.2, 0.25) is 5.95 Å². The van der Waals surface area contributed by atoms with Gasteiger partial charge in [-0.25, -0.2) is 4.68 Å². The van der Waals surface area contributed by atoms with E-state index in [0.717, 1.165) is 5.70 Å². The number of carbonyl (C=O) groups excluding carboxylic acids is 1. The molecule has 2 aromatic rings. The number of nitrogens with zero attached hydrogens (tertiary/aromatic N) is 4. The van der Waals surface area contributed by atoms with E-state index >= 15 is 0 Å². The van der Waals surface area contributed by atoms with Gasteiger partial charge in [-0.3, -0.25) is 14.9 Å². The minimum atomic E-state index is -0.625. The Bertz CT molecular complexity index is 885. The molecule has 0 spiro atoms. The highest BCUT2D eigenvalue weighted by Crippen LogP contribution is 2.43. The van der Waals surface area contributed by atoms with Crippen LogP contribution in [-0.2, 0) is 4.79 Å². The molecule has 122 valence electrons. The molecule has 1 N–H and O–H groups in total. The lowest BCUT2D eigenvalue weighted by Gasteiger charge is -2.33. The van der Waals surface area contributed by atoms with Crippen molar-refractivity contribution in [2.45, 2.75) is 25.8 Å². The van der Waals surface area contributed by atoms with E-state index in [1.807, 2.05) is 6.92 Å². The number of Topliss-reactive ketones (excluding diaryl/α,β-unsaturated/α-hetero) is 1. The second kappa shape index (κ2) is 5.26. The minimum absolute atomic E-state index is 0.000510. The van der Waals surface area contributed by atoms with E-state index in [9.17, 15) is 14.9 Å². The van der Waals surface area contributed by atoms with Gasteiger partial charge in [-0.2, -0.15) is 10.1 Å². The van der Waals surface area contributed by atoms with Crippen molar-refractivity contribution in [2.75, 3.05) is 5.32 Å². The summed E-state index contributed by atoms with van der Waals surface area (Å²) in [4.78, 5) is 27.9. The van der Waals surface area contributed by atoms with E-state index in [-0.39, 0.29) is 17.4 Å². The van der Waals surface area contributed by atoms with E-state index in [1.165, 1.54) is 12.4 Å². The zero-order valence-electron chi connectivity index (χ0n) is 13.0. The van der Waals surface area contributed by atoms with Gasteiger partial charge in [-0.1, -0.05) is 19.1 Å². The Morgan fingerprint density at radius 1 is 1.33 bits per heavy atom. The predicted octanol–water partition coefficient (Wildman–Crippen LogP) is 2.45. The van der Waals surface area contributed by atoms with Crippen LogP contribution in [0.2, 0.25) is 0 Å². The molecular formula is C16H15N5O3. The van der Waals surface area contributed by atoms with Crippen LogP contribution in [-0.4, -0.2) is 25.5 Å². The molecule has 0 saturated carbocycles. The van der Waals surface area contributed by atoms with Crippen LogP contribution < -0.4 is 5.32 Å². The molecular weight excluding hydrogens is 310 g/mol. The van der Waals surface area contributed by atoms with Gasteiger partial charge in [-0.15, -0.1) is 0 Å². The normalized spacial score (nSPS) is 22.6. The molecule has 0 saturated heterocycles. The van der Waals surface area contributed by atoms with Gasteiger partial charge in [0.25, 0.3) is 5.69 Å². The topological polar surface area (TPSA) is 103 Å². The molecule has 0 bridgehead atoms. The minimum Gasteiger partial charge on any atom is -0.328 e. The van der Waals surface area contributed by atoms with Crippen molar-refractivity contribution in [3.63, 3.8) is 0 Å². The average molecular weight is 325 g/mol. The highest BCUT2D eigenvalue weighted by molar-refractivity contribution is 5.99.